The summed E-state index contributed by atoms with van der Waals surface area (Å²) >= 11 is 9.09. The number of ether oxygens (including phenoxy) is 1. The summed E-state index contributed by atoms with van der Waals surface area (Å²) in [5.41, 5.74) is 2.33. The number of rotatable bonds is 6. The summed E-state index contributed by atoms with van der Waals surface area (Å²) in [5.74, 6) is -0.104. The molecule has 1 heterocycles. The van der Waals surface area contributed by atoms with Crippen LogP contribution >= 0.6 is 34.7 Å². The molecule has 1 aromatic heterocycles. The van der Waals surface area contributed by atoms with E-state index in [-0.39, 0.29) is 5.91 Å². The number of nitrogens with one attached hydrogen (secondary N) is 1. The van der Waals surface area contributed by atoms with E-state index < -0.39 is 0 Å². The molecule has 5 nitrogen and oxygen atoms in total. The Kier molecular flexibility index (Phi) is 5.78. The van der Waals surface area contributed by atoms with Gasteiger partial charge in [0.15, 0.2) is 4.34 Å². The van der Waals surface area contributed by atoms with Crippen molar-refractivity contribution in [3.8, 4) is 0 Å². The molecule has 106 valence electrons. The van der Waals surface area contributed by atoms with Gasteiger partial charge in [-0.15, -0.1) is 10.2 Å². The van der Waals surface area contributed by atoms with E-state index in [4.69, 9.17) is 16.3 Å². The van der Waals surface area contributed by atoms with Gasteiger partial charge in [-0.05, 0) is 18.2 Å². The molecule has 0 aliphatic heterocycles. The summed E-state index contributed by atoms with van der Waals surface area (Å²) in [6, 6.07) is 5.37. The van der Waals surface area contributed by atoms with Crippen LogP contribution in [0, 0.1) is 0 Å². The molecule has 2 rings (SSSR count). The van der Waals surface area contributed by atoms with Crippen molar-refractivity contribution in [1.82, 2.24) is 10.2 Å². The Hall–Kier alpha value is -1.15. The highest BCUT2D eigenvalue weighted by molar-refractivity contribution is 8.01. The number of hydrogen-bond acceptors (Lipinski definition) is 6. The second kappa shape index (κ2) is 7.58. The predicted octanol–water partition coefficient (Wildman–Crippen LogP) is 3.32. The topological polar surface area (TPSA) is 64.1 Å². The first-order valence-electron chi connectivity index (χ1n) is 5.71. The van der Waals surface area contributed by atoms with Gasteiger partial charge in [-0.2, -0.15) is 0 Å². The molecule has 0 aliphatic rings. The lowest BCUT2D eigenvalue weighted by Gasteiger charge is -2.07. The Balaban J connectivity index is 2.00. The quantitative estimate of drug-likeness (QED) is 0.880. The number of nitrogens with zero attached hydrogens (tertiary/aromatic N) is 2. The number of anilines is 1. The van der Waals surface area contributed by atoms with Crippen LogP contribution in [0.5, 0.6) is 0 Å². The molecular weight excluding hydrogens is 318 g/mol. The van der Waals surface area contributed by atoms with Crippen molar-refractivity contribution in [3.63, 3.8) is 0 Å². The van der Waals surface area contributed by atoms with E-state index in [1.165, 1.54) is 23.1 Å². The Labute approximate surface area is 129 Å². The van der Waals surface area contributed by atoms with Crippen molar-refractivity contribution in [2.24, 2.45) is 0 Å². The van der Waals surface area contributed by atoms with Crippen LogP contribution < -0.4 is 5.32 Å². The second-order valence-corrected chi connectivity index (χ2v) is 6.27. The average Bonchev–Trinajstić information content (AvgIpc) is 2.92. The normalized spacial score (nSPS) is 10.5. The summed E-state index contributed by atoms with van der Waals surface area (Å²) < 4.78 is 5.67. The van der Waals surface area contributed by atoms with Crippen LogP contribution in [0.2, 0.25) is 5.02 Å². The Morgan fingerprint density at radius 3 is 3.05 bits per heavy atom. The Bertz CT molecular complexity index is 578. The van der Waals surface area contributed by atoms with E-state index in [2.05, 4.69) is 15.5 Å². The van der Waals surface area contributed by atoms with Crippen molar-refractivity contribution in [2.45, 2.75) is 15.7 Å². The standard InChI is InChI=1S/C12H12ClN3O2S2/c1-18-5-4-11(17)15-8-2-3-10(9(13)6-8)20-12-16-14-7-19-12/h2-3,6-7H,4-5H2,1H3,(H,15,17). The summed E-state index contributed by atoms with van der Waals surface area (Å²) in [5, 5.41) is 11.0. The maximum absolute atomic E-state index is 11.6. The monoisotopic (exact) mass is 329 g/mol. The molecule has 0 atom stereocenters. The van der Waals surface area contributed by atoms with Crippen LogP contribution in [0.1, 0.15) is 6.42 Å². The highest BCUT2D eigenvalue weighted by Gasteiger charge is 2.08. The molecule has 0 unspecified atom stereocenters. The van der Waals surface area contributed by atoms with Crippen LogP contribution in [0.25, 0.3) is 0 Å². The Morgan fingerprint density at radius 1 is 1.55 bits per heavy atom. The summed E-state index contributed by atoms with van der Waals surface area (Å²) in [6.07, 6.45) is 0.315. The third-order valence-electron chi connectivity index (χ3n) is 2.29. The fourth-order valence-electron chi connectivity index (χ4n) is 1.38. The largest absolute Gasteiger partial charge is 0.384 e. The van der Waals surface area contributed by atoms with Gasteiger partial charge in [-0.25, -0.2) is 0 Å². The molecule has 0 spiro atoms. The van der Waals surface area contributed by atoms with E-state index in [1.807, 2.05) is 6.07 Å². The maximum Gasteiger partial charge on any atom is 0.226 e. The minimum atomic E-state index is -0.104. The molecular formula is C12H12ClN3O2S2. The number of methoxy groups -OCH3 is 1. The number of hydrogen-bond donors (Lipinski definition) is 1. The second-order valence-electron chi connectivity index (χ2n) is 3.74. The molecule has 0 saturated heterocycles. The van der Waals surface area contributed by atoms with Gasteiger partial charge in [-0.3, -0.25) is 4.79 Å². The molecule has 1 amide bonds. The van der Waals surface area contributed by atoms with Crippen molar-refractivity contribution < 1.29 is 9.53 Å². The van der Waals surface area contributed by atoms with Crippen molar-refractivity contribution >= 4 is 46.3 Å². The minimum Gasteiger partial charge on any atom is -0.384 e. The van der Waals surface area contributed by atoms with Gasteiger partial charge >= 0.3 is 0 Å². The molecule has 2 aromatic rings. The lowest BCUT2D eigenvalue weighted by molar-refractivity contribution is -0.117. The third kappa shape index (κ3) is 4.45. The van der Waals surface area contributed by atoms with Gasteiger partial charge in [-0.1, -0.05) is 34.7 Å². The SMILES string of the molecule is COCCC(=O)Nc1ccc(Sc2nncs2)c(Cl)c1. The number of carbonyl (C=O) groups excluding carboxylic acids is 1. The van der Waals surface area contributed by atoms with E-state index in [1.54, 1.807) is 24.8 Å². The average molecular weight is 330 g/mol. The number of halogens is 1. The first-order valence-corrected chi connectivity index (χ1v) is 7.79. The third-order valence-corrected chi connectivity index (χ3v) is 4.56. The lowest BCUT2D eigenvalue weighted by atomic mass is 10.3. The summed E-state index contributed by atoms with van der Waals surface area (Å²) in [6.45, 7) is 0.393. The number of amides is 1. The highest BCUT2D eigenvalue weighted by Crippen LogP contribution is 2.35. The molecule has 0 aliphatic carbocycles. The number of benzene rings is 1. The van der Waals surface area contributed by atoms with Gasteiger partial charge in [0.25, 0.3) is 0 Å². The van der Waals surface area contributed by atoms with E-state index in [0.717, 1.165) is 9.24 Å². The fourth-order valence-corrected chi connectivity index (χ4v) is 3.12. The van der Waals surface area contributed by atoms with Crippen molar-refractivity contribution in [2.75, 3.05) is 19.0 Å². The van der Waals surface area contributed by atoms with E-state index in [9.17, 15) is 4.79 Å². The molecule has 0 saturated carbocycles. The van der Waals surface area contributed by atoms with Crippen LogP contribution in [-0.2, 0) is 9.53 Å². The smallest absolute Gasteiger partial charge is 0.226 e. The van der Waals surface area contributed by atoms with Gasteiger partial charge in [0.2, 0.25) is 5.91 Å². The van der Waals surface area contributed by atoms with Crippen LogP contribution in [-0.4, -0.2) is 29.8 Å². The number of carbonyl (C=O) groups is 1. The van der Waals surface area contributed by atoms with Gasteiger partial charge in [0.05, 0.1) is 18.1 Å². The van der Waals surface area contributed by atoms with E-state index in [0.29, 0.717) is 23.7 Å². The first kappa shape index (κ1) is 15.2. The van der Waals surface area contributed by atoms with Crippen molar-refractivity contribution in [1.29, 1.82) is 0 Å². The number of aromatic nitrogens is 2. The molecule has 8 heteroatoms. The molecule has 0 fully saturated rings. The fraction of sp³-hybridized carbons (Fsp3) is 0.250. The van der Waals surface area contributed by atoms with Crippen molar-refractivity contribution in [3.05, 3.63) is 28.7 Å². The van der Waals surface area contributed by atoms with Gasteiger partial charge in [0.1, 0.15) is 5.51 Å². The lowest BCUT2D eigenvalue weighted by Crippen LogP contribution is -2.13. The first-order chi connectivity index (χ1) is 9.69. The minimum absolute atomic E-state index is 0.104. The molecule has 1 aromatic carbocycles. The summed E-state index contributed by atoms with van der Waals surface area (Å²) in [7, 11) is 1.56. The van der Waals surface area contributed by atoms with Gasteiger partial charge < -0.3 is 10.1 Å². The molecule has 0 radical (unpaired) electrons. The zero-order chi connectivity index (χ0) is 14.4. The Morgan fingerprint density at radius 2 is 2.40 bits per heavy atom. The predicted molar refractivity (Wildman–Crippen MR) is 80.6 cm³/mol. The highest BCUT2D eigenvalue weighted by atomic mass is 35.5. The molecule has 0 bridgehead atoms. The maximum atomic E-state index is 11.6. The van der Waals surface area contributed by atoms with Gasteiger partial charge in [0, 0.05) is 17.7 Å². The van der Waals surface area contributed by atoms with E-state index >= 15 is 0 Å². The van der Waals surface area contributed by atoms with Crippen LogP contribution in [0.15, 0.2) is 32.9 Å². The van der Waals surface area contributed by atoms with Crippen LogP contribution in [0.4, 0.5) is 5.69 Å². The van der Waals surface area contributed by atoms with Crippen LogP contribution in [0.3, 0.4) is 0 Å². The molecule has 20 heavy (non-hydrogen) atoms. The zero-order valence-corrected chi connectivity index (χ0v) is 13.0. The zero-order valence-electron chi connectivity index (χ0n) is 10.6. The molecule has 1 N–H and O–H groups in total. The summed E-state index contributed by atoms with van der Waals surface area (Å²) in [4.78, 5) is 12.4.